The fourth-order valence-electron chi connectivity index (χ4n) is 3.09. The van der Waals surface area contributed by atoms with Crippen molar-refractivity contribution < 1.29 is 26.1 Å². The number of rotatable bonds is 6. The van der Waals surface area contributed by atoms with E-state index in [1.807, 2.05) is 0 Å². The Balaban J connectivity index is 1.81. The van der Waals surface area contributed by atoms with Gasteiger partial charge in [-0.1, -0.05) is 0 Å². The van der Waals surface area contributed by atoms with Gasteiger partial charge in [0.25, 0.3) is 10.1 Å². The third kappa shape index (κ3) is 3.76. The van der Waals surface area contributed by atoms with E-state index in [1.165, 1.54) is 17.8 Å². The number of hydrogen-bond donors (Lipinski definition) is 3. The van der Waals surface area contributed by atoms with Crippen LogP contribution in [-0.4, -0.2) is 44.0 Å². The first kappa shape index (κ1) is 20.3. The van der Waals surface area contributed by atoms with Crippen LogP contribution in [-0.2, 0) is 16.3 Å². The Labute approximate surface area is 159 Å². The molecule has 3 N–H and O–H groups in total. The molecule has 3 rings (SSSR count). The van der Waals surface area contributed by atoms with Gasteiger partial charge in [-0.05, 0) is 26.7 Å². The zero-order valence-electron chi connectivity index (χ0n) is 15.0. The highest BCUT2D eigenvalue weighted by Crippen LogP contribution is 2.47. The number of nitrogens with one attached hydrogen (secondary N) is 2. The molecule has 0 bridgehead atoms. The average molecular weight is 420 g/mol. The van der Waals surface area contributed by atoms with Crippen molar-refractivity contribution >= 4 is 27.7 Å². The molecule has 0 radical (unpaired) electrons. The lowest BCUT2D eigenvalue weighted by molar-refractivity contribution is -0.137. The Bertz CT molecular complexity index is 970. The van der Waals surface area contributed by atoms with Crippen molar-refractivity contribution in [1.29, 1.82) is 0 Å². The Morgan fingerprint density at radius 2 is 2.07 bits per heavy atom. The fourth-order valence-corrected chi connectivity index (χ4v) is 3.90. The van der Waals surface area contributed by atoms with E-state index in [1.54, 1.807) is 13.0 Å². The highest BCUT2D eigenvalue weighted by molar-refractivity contribution is 7.87. The first-order valence-corrected chi connectivity index (χ1v) is 9.84. The predicted octanol–water partition coefficient (Wildman–Crippen LogP) is 2.85. The van der Waals surface area contributed by atoms with Crippen molar-refractivity contribution in [3.63, 3.8) is 0 Å². The summed E-state index contributed by atoms with van der Waals surface area (Å²) in [6, 6.07) is 1.27. The van der Waals surface area contributed by atoms with Gasteiger partial charge in [0.2, 0.25) is 5.95 Å². The first-order chi connectivity index (χ1) is 12.9. The van der Waals surface area contributed by atoms with Gasteiger partial charge in [-0.15, -0.1) is 0 Å². The molecule has 1 saturated carbocycles. The van der Waals surface area contributed by atoms with E-state index in [-0.39, 0.29) is 37.2 Å². The molecule has 13 heteroatoms. The molecule has 28 heavy (non-hydrogen) atoms. The topological polar surface area (TPSA) is 122 Å². The molecule has 0 aliphatic heterocycles. The van der Waals surface area contributed by atoms with Crippen LogP contribution in [0.25, 0.3) is 0 Å². The number of nitrogens with zero attached hydrogens (tertiary/aromatic N) is 4. The molecule has 0 amide bonds. The predicted molar refractivity (Wildman–Crippen MR) is 94.9 cm³/mol. The molecular weight excluding hydrogens is 401 g/mol. The smallest absolute Gasteiger partial charge is 0.370 e. The zero-order valence-corrected chi connectivity index (χ0v) is 15.8. The number of anilines is 3. The van der Waals surface area contributed by atoms with Crippen LogP contribution < -0.4 is 10.6 Å². The van der Waals surface area contributed by atoms with Crippen molar-refractivity contribution in [1.82, 2.24) is 19.7 Å². The second kappa shape index (κ2) is 6.88. The number of alkyl halides is 3. The molecule has 0 spiro atoms. The van der Waals surface area contributed by atoms with Gasteiger partial charge in [-0.3, -0.25) is 4.55 Å². The molecule has 0 unspecified atom stereocenters. The van der Waals surface area contributed by atoms with Crippen molar-refractivity contribution in [3.8, 4) is 0 Å². The summed E-state index contributed by atoms with van der Waals surface area (Å²) < 4.78 is 71.6. The number of hydrogen-bond acceptors (Lipinski definition) is 7. The molecule has 2 aromatic heterocycles. The van der Waals surface area contributed by atoms with Crippen molar-refractivity contribution in [2.45, 2.75) is 43.7 Å². The van der Waals surface area contributed by atoms with E-state index < -0.39 is 26.6 Å². The van der Waals surface area contributed by atoms with Gasteiger partial charge in [0, 0.05) is 18.8 Å². The Morgan fingerprint density at radius 3 is 2.64 bits per heavy atom. The summed E-state index contributed by atoms with van der Waals surface area (Å²) >= 11 is 0. The molecule has 9 nitrogen and oxygen atoms in total. The maximum atomic E-state index is 13.0. The molecule has 154 valence electrons. The number of halogens is 3. The van der Waals surface area contributed by atoms with Gasteiger partial charge in [0.05, 0.1) is 17.0 Å². The van der Waals surface area contributed by atoms with Crippen molar-refractivity contribution in [3.05, 3.63) is 24.0 Å². The Morgan fingerprint density at radius 1 is 1.39 bits per heavy atom. The lowest BCUT2D eigenvalue weighted by atomic mass is 9.81. The van der Waals surface area contributed by atoms with E-state index in [0.717, 1.165) is 0 Å². The first-order valence-electron chi connectivity index (χ1n) is 8.40. The summed E-state index contributed by atoms with van der Waals surface area (Å²) in [4.78, 5) is 7.60. The van der Waals surface area contributed by atoms with Crippen LogP contribution in [0.2, 0.25) is 0 Å². The van der Waals surface area contributed by atoms with Crippen LogP contribution in [0.3, 0.4) is 0 Å². The fraction of sp³-hybridized carbons (Fsp3) is 0.533. The van der Waals surface area contributed by atoms with Crippen molar-refractivity contribution in [2.24, 2.45) is 0 Å². The maximum absolute atomic E-state index is 13.0. The lowest BCUT2D eigenvalue weighted by Crippen LogP contribution is -2.48. The highest BCUT2D eigenvalue weighted by atomic mass is 32.2. The van der Waals surface area contributed by atoms with E-state index in [4.69, 9.17) is 0 Å². The molecule has 1 fully saturated rings. The number of aromatic nitrogens is 4. The molecule has 2 heterocycles. The van der Waals surface area contributed by atoms with Crippen LogP contribution >= 0.6 is 0 Å². The van der Waals surface area contributed by atoms with E-state index in [9.17, 15) is 26.1 Å². The molecule has 0 aromatic carbocycles. The highest BCUT2D eigenvalue weighted by Gasteiger charge is 2.51. The average Bonchev–Trinajstić information content (AvgIpc) is 2.98. The van der Waals surface area contributed by atoms with E-state index in [0.29, 0.717) is 12.0 Å². The minimum atomic E-state index is -4.59. The molecule has 1 aliphatic carbocycles. The molecule has 0 saturated heterocycles. The van der Waals surface area contributed by atoms with Gasteiger partial charge in [0.15, 0.2) is 0 Å². The van der Waals surface area contributed by atoms with E-state index >= 15 is 0 Å². The monoisotopic (exact) mass is 420 g/mol. The summed E-state index contributed by atoms with van der Waals surface area (Å²) in [7, 11) is -4.19. The van der Waals surface area contributed by atoms with E-state index in [2.05, 4.69) is 25.7 Å². The quantitative estimate of drug-likeness (QED) is 0.610. The zero-order chi connectivity index (χ0) is 20.7. The van der Waals surface area contributed by atoms with Crippen LogP contribution in [0.5, 0.6) is 0 Å². The van der Waals surface area contributed by atoms with Crippen molar-refractivity contribution in [2.75, 3.05) is 17.2 Å². The van der Waals surface area contributed by atoms with Gasteiger partial charge in [-0.25, -0.2) is 9.67 Å². The summed E-state index contributed by atoms with van der Waals surface area (Å²) in [5.41, 5.74) is -0.976. The minimum Gasteiger partial charge on any atom is -0.370 e. The summed E-state index contributed by atoms with van der Waals surface area (Å²) in [6.07, 6.45) is -2.14. The normalized spacial score (nSPS) is 22.6. The summed E-state index contributed by atoms with van der Waals surface area (Å²) in [5.74, 6) is -0.0201. The third-order valence-electron chi connectivity index (χ3n) is 4.65. The molecule has 0 atom stereocenters. The lowest BCUT2D eigenvalue weighted by Gasteiger charge is -2.42. The van der Waals surface area contributed by atoms with Gasteiger partial charge >= 0.3 is 6.18 Å². The summed E-state index contributed by atoms with van der Waals surface area (Å²) in [5, 5.41) is 9.49. The van der Waals surface area contributed by atoms with Gasteiger partial charge < -0.3 is 10.6 Å². The van der Waals surface area contributed by atoms with Gasteiger partial charge in [-0.2, -0.15) is 31.7 Å². The minimum absolute atomic E-state index is 0.0671. The van der Waals surface area contributed by atoms with Gasteiger partial charge in [0.1, 0.15) is 17.2 Å². The maximum Gasteiger partial charge on any atom is 0.421 e. The standard InChI is InChI=1S/C15H19F3N6O3S/c1-3-19-12-10(15(16,17)18)8-20-13(23-12)22-11-4-5-21-24(11)9-6-14(2,7-9)28(25,26)27/h4-5,8-9H,3,6-7H2,1-2H3,(H,25,26,27)(H2,19,20,22,23). The van der Waals surface area contributed by atoms with Crippen LogP contribution in [0.1, 0.15) is 38.3 Å². The summed E-state index contributed by atoms with van der Waals surface area (Å²) in [6.45, 7) is 3.33. The van der Waals surface area contributed by atoms with Crippen LogP contribution in [0, 0.1) is 0 Å². The Kier molecular flexibility index (Phi) is 5.00. The largest absolute Gasteiger partial charge is 0.421 e. The third-order valence-corrected chi connectivity index (χ3v) is 6.23. The second-order valence-corrected chi connectivity index (χ2v) is 8.69. The molecule has 1 aliphatic rings. The molecular formula is C15H19F3N6O3S. The van der Waals surface area contributed by atoms with Crippen LogP contribution in [0.15, 0.2) is 18.5 Å². The second-order valence-electron chi connectivity index (χ2n) is 6.76. The van der Waals surface area contributed by atoms with Crippen LogP contribution in [0.4, 0.5) is 30.8 Å². The Hall–Kier alpha value is -2.41. The molecule has 2 aromatic rings. The SMILES string of the molecule is CCNc1nc(Nc2ccnn2C2CC(C)(S(=O)(=O)O)C2)ncc1C(F)(F)F.